The third-order valence-electron chi connectivity index (χ3n) is 4.39. The lowest BCUT2D eigenvalue weighted by Gasteiger charge is -2.17. The lowest BCUT2D eigenvalue weighted by atomic mass is 10.0. The Bertz CT molecular complexity index is 1110. The molecule has 8 heteroatoms. The predicted molar refractivity (Wildman–Crippen MR) is 101 cm³/mol. The maximum atomic E-state index is 12.6. The van der Waals surface area contributed by atoms with Crippen molar-refractivity contribution in [2.75, 3.05) is 7.11 Å². The van der Waals surface area contributed by atoms with Gasteiger partial charge in [0.15, 0.2) is 0 Å². The molecule has 144 valence electrons. The molecular formula is C21H14N2O6. The average molecular weight is 390 g/mol. The first-order valence-electron chi connectivity index (χ1n) is 8.56. The molecule has 0 spiro atoms. The van der Waals surface area contributed by atoms with Crippen molar-refractivity contribution in [2.45, 2.75) is 0 Å². The van der Waals surface area contributed by atoms with E-state index in [1.165, 1.54) is 25.3 Å². The fraction of sp³-hybridized carbons (Fsp3) is 0.0476. The molecule has 2 heterocycles. The number of para-hydroxylation sites is 1. The van der Waals surface area contributed by atoms with E-state index >= 15 is 0 Å². The first-order chi connectivity index (χ1) is 14.0. The normalized spacial score (nSPS) is 18.7. The summed E-state index contributed by atoms with van der Waals surface area (Å²) in [4.78, 5) is 50.3. The molecule has 0 bridgehead atoms. The zero-order valence-corrected chi connectivity index (χ0v) is 15.2. The zero-order valence-electron chi connectivity index (χ0n) is 15.2. The van der Waals surface area contributed by atoms with Gasteiger partial charge in [-0.2, -0.15) is 0 Å². The van der Waals surface area contributed by atoms with Gasteiger partial charge in [-0.3, -0.25) is 9.59 Å². The molecule has 0 atom stereocenters. The minimum Gasteiger partial charge on any atom is -0.497 e. The Morgan fingerprint density at radius 3 is 2.45 bits per heavy atom. The lowest BCUT2D eigenvalue weighted by Crippen LogP contribution is -2.31. The summed E-state index contributed by atoms with van der Waals surface area (Å²) in [6.45, 7) is 0. The number of ether oxygens (including phenoxy) is 2. The number of carbonyl (C=O) groups excluding carboxylic acids is 4. The number of hydrogen-bond donors (Lipinski definition) is 1. The van der Waals surface area contributed by atoms with Gasteiger partial charge in [0.1, 0.15) is 22.8 Å². The van der Waals surface area contributed by atoms with Gasteiger partial charge in [-0.1, -0.05) is 24.3 Å². The van der Waals surface area contributed by atoms with Crippen LogP contribution in [0.4, 0.5) is 4.79 Å². The number of esters is 1. The Balaban J connectivity index is 1.63. The summed E-state index contributed by atoms with van der Waals surface area (Å²) in [5, 5.41) is 2.43. The van der Waals surface area contributed by atoms with Gasteiger partial charge in [-0.25, -0.2) is 14.5 Å². The van der Waals surface area contributed by atoms with Crippen molar-refractivity contribution in [3.63, 3.8) is 0 Å². The zero-order chi connectivity index (χ0) is 20.5. The fourth-order valence-corrected chi connectivity index (χ4v) is 2.91. The number of imide groups is 1. The number of nitrogens with zero attached hydrogens (tertiary/aromatic N) is 1. The SMILES string of the molecule is COc1ccc(C=C2NC(=O)N(C=C3C(=O)Oc4ccccc4C3=O)C2=O)cc1. The van der Waals surface area contributed by atoms with E-state index < -0.39 is 29.3 Å². The van der Waals surface area contributed by atoms with Gasteiger partial charge < -0.3 is 14.8 Å². The molecule has 0 radical (unpaired) electrons. The van der Waals surface area contributed by atoms with Gasteiger partial charge in [0.25, 0.3) is 5.91 Å². The smallest absolute Gasteiger partial charge is 0.349 e. The molecule has 0 aromatic heterocycles. The number of hydrogen-bond acceptors (Lipinski definition) is 6. The fourth-order valence-electron chi connectivity index (χ4n) is 2.91. The average Bonchev–Trinajstić information content (AvgIpc) is 2.98. The minimum atomic E-state index is -0.929. The molecule has 0 saturated carbocycles. The van der Waals surface area contributed by atoms with Crippen molar-refractivity contribution < 1.29 is 28.7 Å². The van der Waals surface area contributed by atoms with Gasteiger partial charge in [0.2, 0.25) is 5.78 Å². The maximum Gasteiger partial charge on any atom is 0.349 e. The number of ketones is 1. The van der Waals surface area contributed by atoms with Crippen LogP contribution in [0.3, 0.4) is 0 Å². The van der Waals surface area contributed by atoms with Gasteiger partial charge >= 0.3 is 12.0 Å². The minimum absolute atomic E-state index is 0.00837. The molecule has 2 aliphatic heterocycles. The Labute approximate surface area is 165 Å². The van der Waals surface area contributed by atoms with Crippen molar-refractivity contribution in [3.8, 4) is 11.5 Å². The van der Waals surface area contributed by atoms with Gasteiger partial charge in [-0.15, -0.1) is 0 Å². The molecule has 1 fully saturated rings. The molecule has 2 aromatic rings. The van der Waals surface area contributed by atoms with Crippen LogP contribution in [0, 0.1) is 0 Å². The number of nitrogens with one attached hydrogen (secondary N) is 1. The lowest BCUT2D eigenvalue weighted by molar-refractivity contribution is -0.130. The van der Waals surface area contributed by atoms with Crippen LogP contribution >= 0.6 is 0 Å². The number of methoxy groups -OCH3 is 1. The number of urea groups is 1. The van der Waals surface area contributed by atoms with E-state index in [1.54, 1.807) is 36.4 Å². The number of fused-ring (bicyclic) bond motifs is 1. The molecule has 0 aliphatic carbocycles. The van der Waals surface area contributed by atoms with Crippen LogP contribution in [0.15, 0.2) is 66.0 Å². The van der Waals surface area contributed by atoms with E-state index in [9.17, 15) is 19.2 Å². The molecule has 1 N–H and O–H groups in total. The van der Waals surface area contributed by atoms with E-state index in [0.29, 0.717) is 16.2 Å². The number of rotatable bonds is 3. The standard InChI is InChI=1S/C21H14N2O6/c1-28-13-8-6-12(7-9-13)10-16-19(25)23(21(27)22-16)11-15-18(24)14-4-2-3-5-17(14)29-20(15)26/h2-11H,1H3,(H,22,27). The van der Waals surface area contributed by atoms with Crippen molar-refractivity contribution in [1.29, 1.82) is 0 Å². The summed E-state index contributed by atoms with van der Waals surface area (Å²) < 4.78 is 10.2. The second-order valence-corrected chi connectivity index (χ2v) is 6.19. The number of amides is 3. The van der Waals surface area contributed by atoms with Crippen LogP contribution in [-0.4, -0.2) is 35.7 Å². The molecule has 8 nitrogen and oxygen atoms in total. The molecular weight excluding hydrogens is 376 g/mol. The van der Waals surface area contributed by atoms with E-state index in [0.717, 1.165) is 6.20 Å². The van der Waals surface area contributed by atoms with Crippen LogP contribution in [0.25, 0.3) is 6.08 Å². The van der Waals surface area contributed by atoms with Crippen molar-refractivity contribution in [3.05, 3.63) is 77.1 Å². The highest BCUT2D eigenvalue weighted by atomic mass is 16.5. The van der Waals surface area contributed by atoms with Crippen LogP contribution in [0.1, 0.15) is 15.9 Å². The molecule has 0 unspecified atom stereocenters. The number of Topliss-reactive ketones (excluding diaryl/α,β-unsaturated/α-hetero) is 1. The Morgan fingerprint density at radius 1 is 1.00 bits per heavy atom. The highest BCUT2D eigenvalue weighted by Gasteiger charge is 2.37. The Morgan fingerprint density at radius 2 is 1.72 bits per heavy atom. The van der Waals surface area contributed by atoms with Crippen molar-refractivity contribution in [1.82, 2.24) is 10.2 Å². The van der Waals surface area contributed by atoms with Crippen molar-refractivity contribution in [2.24, 2.45) is 0 Å². The molecule has 4 rings (SSSR count). The topological polar surface area (TPSA) is 102 Å². The summed E-state index contributed by atoms with van der Waals surface area (Å²) in [5.74, 6) is -1.46. The quantitative estimate of drug-likeness (QED) is 0.284. The molecule has 3 amide bonds. The molecule has 29 heavy (non-hydrogen) atoms. The predicted octanol–water partition coefficient (Wildman–Crippen LogP) is 2.27. The summed E-state index contributed by atoms with van der Waals surface area (Å²) in [7, 11) is 1.54. The molecule has 2 aliphatic rings. The highest BCUT2D eigenvalue weighted by Crippen LogP contribution is 2.28. The first-order valence-corrected chi connectivity index (χ1v) is 8.56. The van der Waals surface area contributed by atoms with Crippen molar-refractivity contribution >= 4 is 29.8 Å². The first kappa shape index (κ1) is 18.2. The summed E-state index contributed by atoms with van der Waals surface area (Å²) in [6, 6.07) is 12.3. The molecule has 2 aromatic carbocycles. The van der Waals surface area contributed by atoms with E-state index in [2.05, 4.69) is 5.32 Å². The largest absolute Gasteiger partial charge is 0.497 e. The third kappa shape index (κ3) is 3.27. The Kier molecular flexibility index (Phi) is 4.44. The van der Waals surface area contributed by atoms with Gasteiger partial charge in [-0.05, 0) is 35.9 Å². The van der Waals surface area contributed by atoms with Crippen LogP contribution in [0.5, 0.6) is 11.5 Å². The highest BCUT2D eigenvalue weighted by molar-refractivity contribution is 6.28. The maximum absolute atomic E-state index is 12.6. The van der Waals surface area contributed by atoms with Gasteiger partial charge in [0, 0.05) is 6.20 Å². The monoisotopic (exact) mass is 390 g/mol. The van der Waals surface area contributed by atoms with Crippen LogP contribution < -0.4 is 14.8 Å². The third-order valence-corrected chi connectivity index (χ3v) is 4.39. The van der Waals surface area contributed by atoms with E-state index in [1.807, 2.05) is 0 Å². The van der Waals surface area contributed by atoms with Gasteiger partial charge in [0.05, 0.1) is 12.7 Å². The van der Waals surface area contributed by atoms with Crippen LogP contribution in [0.2, 0.25) is 0 Å². The number of carbonyl (C=O) groups is 4. The second kappa shape index (κ2) is 7.08. The number of benzene rings is 2. The Hall–Kier alpha value is -4.20. The van der Waals surface area contributed by atoms with Crippen LogP contribution in [-0.2, 0) is 9.59 Å². The summed E-state index contributed by atoms with van der Waals surface area (Å²) in [5.41, 5.74) is 0.442. The summed E-state index contributed by atoms with van der Waals surface area (Å²) >= 11 is 0. The second-order valence-electron chi connectivity index (χ2n) is 6.19. The van der Waals surface area contributed by atoms with E-state index in [-0.39, 0.29) is 17.0 Å². The molecule has 1 saturated heterocycles. The van der Waals surface area contributed by atoms with E-state index in [4.69, 9.17) is 9.47 Å². The summed E-state index contributed by atoms with van der Waals surface area (Å²) in [6.07, 6.45) is 2.39.